The van der Waals surface area contributed by atoms with Crippen LogP contribution in [0.4, 0.5) is 0 Å². The molecule has 1 fully saturated rings. The maximum atomic E-state index is 10.2. The lowest BCUT2D eigenvalue weighted by molar-refractivity contribution is 0.0125. The number of nitriles is 2. The molecule has 118 valence electrons. The minimum Gasteiger partial charge on any atom is -0.391 e. The van der Waals surface area contributed by atoms with Gasteiger partial charge in [-0.3, -0.25) is 9.80 Å². The molecule has 1 rings (SSSR count). The largest absolute Gasteiger partial charge is 0.391 e. The zero-order valence-corrected chi connectivity index (χ0v) is 13.5. The molecule has 5 heteroatoms. The lowest BCUT2D eigenvalue weighted by Gasteiger charge is -2.38. The van der Waals surface area contributed by atoms with Crippen LogP contribution in [0.25, 0.3) is 0 Å². The SMILES string of the molecule is CC(C)(C)[C@@H](O)CN1CCN(C[C@@H](C#N)CCC#N)CC1. The molecule has 21 heavy (non-hydrogen) atoms. The first-order chi connectivity index (χ1) is 9.86. The van der Waals surface area contributed by atoms with Crippen LogP contribution in [-0.2, 0) is 0 Å². The molecule has 0 amide bonds. The third kappa shape index (κ3) is 6.44. The molecule has 0 bridgehead atoms. The number of nitrogens with zero attached hydrogens (tertiary/aromatic N) is 4. The molecule has 1 N–H and O–H groups in total. The maximum Gasteiger partial charge on any atom is 0.0715 e. The number of hydrogen-bond donors (Lipinski definition) is 1. The van der Waals surface area contributed by atoms with Gasteiger partial charge >= 0.3 is 0 Å². The predicted octanol–water partition coefficient (Wildman–Crippen LogP) is 1.45. The Morgan fingerprint density at radius 3 is 2.00 bits per heavy atom. The van der Waals surface area contributed by atoms with E-state index in [4.69, 9.17) is 10.5 Å². The summed E-state index contributed by atoms with van der Waals surface area (Å²) < 4.78 is 0. The summed E-state index contributed by atoms with van der Waals surface area (Å²) in [5, 5.41) is 27.9. The van der Waals surface area contributed by atoms with Crippen molar-refractivity contribution in [2.75, 3.05) is 39.3 Å². The van der Waals surface area contributed by atoms with Gasteiger partial charge in [-0.15, -0.1) is 0 Å². The highest BCUT2D eigenvalue weighted by molar-refractivity contribution is 4.89. The van der Waals surface area contributed by atoms with Crippen LogP contribution in [-0.4, -0.2) is 60.3 Å². The molecular weight excluding hydrogens is 264 g/mol. The molecule has 1 aliphatic heterocycles. The summed E-state index contributed by atoms with van der Waals surface area (Å²) >= 11 is 0. The quantitative estimate of drug-likeness (QED) is 0.802. The Hall–Kier alpha value is -1.14. The molecule has 0 aromatic carbocycles. The van der Waals surface area contributed by atoms with Crippen molar-refractivity contribution in [3.8, 4) is 12.1 Å². The lowest BCUT2D eigenvalue weighted by atomic mass is 9.89. The average molecular weight is 292 g/mol. The standard InChI is InChI=1S/C16H28N4O/c1-16(2,3)15(21)13-20-9-7-19(8-10-20)12-14(11-18)5-4-6-17/h14-15,21H,4-5,7-10,12-13H2,1-3H3/t14-,15+/m1/s1. The van der Waals surface area contributed by atoms with E-state index >= 15 is 0 Å². The molecule has 1 aliphatic rings. The van der Waals surface area contributed by atoms with Crippen molar-refractivity contribution in [3.63, 3.8) is 0 Å². The Labute approximate surface area is 128 Å². The number of aliphatic hydroxyl groups is 1. The number of aliphatic hydroxyl groups excluding tert-OH is 1. The second-order valence-corrected chi connectivity index (χ2v) is 7.01. The van der Waals surface area contributed by atoms with E-state index in [0.717, 1.165) is 32.7 Å². The van der Waals surface area contributed by atoms with Gasteiger partial charge in [0, 0.05) is 45.7 Å². The Kier molecular flexibility index (Phi) is 7.11. The molecule has 0 spiro atoms. The van der Waals surface area contributed by atoms with Crippen molar-refractivity contribution in [2.45, 2.75) is 39.7 Å². The summed E-state index contributed by atoms with van der Waals surface area (Å²) in [6.07, 6.45) is 0.804. The lowest BCUT2D eigenvalue weighted by Crippen LogP contribution is -2.51. The van der Waals surface area contributed by atoms with E-state index in [0.29, 0.717) is 19.4 Å². The van der Waals surface area contributed by atoms with Gasteiger partial charge in [0.15, 0.2) is 0 Å². The number of β-amino-alcohol motifs (C(OH)–C–C–N with tert-alkyl or cyclic N) is 1. The van der Waals surface area contributed by atoms with Crippen molar-refractivity contribution < 1.29 is 5.11 Å². The summed E-state index contributed by atoms with van der Waals surface area (Å²) in [5.74, 6) is -0.0450. The Bertz CT molecular complexity index is 383. The first kappa shape index (κ1) is 17.9. The summed E-state index contributed by atoms with van der Waals surface area (Å²) in [6.45, 7) is 11.4. The van der Waals surface area contributed by atoms with Crippen molar-refractivity contribution in [1.29, 1.82) is 10.5 Å². The topological polar surface area (TPSA) is 74.3 Å². The van der Waals surface area contributed by atoms with Crippen LogP contribution >= 0.6 is 0 Å². The fourth-order valence-electron chi connectivity index (χ4n) is 2.42. The number of rotatable bonds is 6. The van der Waals surface area contributed by atoms with Gasteiger partial charge in [-0.05, 0) is 11.8 Å². The molecule has 0 aliphatic carbocycles. The van der Waals surface area contributed by atoms with Gasteiger partial charge in [0.1, 0.15) is 0 Å². The molecule has 0 aromatic rings. The van der Waals surface area contributed by atoms with E-state index in [1.165, 1.54) is 0 Å². The summed E-state index contributed by atoms with van der Waals surface area (Å²) in [7, 11) is 0. The summed E-state index contributed by atoms with van der Waals surface area (Å²) in [5.41, 5.74) is -0.0830. The number of hydrogen-bond acceptors (Lipinski definition) is 5. The molecule has 5 nitrogen and oxygen atoms in total. The van der Waals surface area contributed by atoms with Gasteiger partial charge in [-0.1, -0.05) is 20.8 Å². The van der Waals surface area contributed by atoms with E-state index in [-0.39, 0.29) is 17.4 Å². The first-order valence-corrected chi connectivity index (χ1v) is 7.76. The molecule has 0 saturated carbocycles. The van der Waals surface area contributed by atoms with Crippen LogP contribution in [0.3, 0.4) is 0 Å². The molecular formula is C16H28N4O. The monoisotopic (exact) mass is 292 g/mol. The number of piperazine rings is 1. The van der Waals surface area contributed by atoms with Crippen LogP contribution in [0.5, 0.6) is 0 Å². The average Bonchev–Trinajstić information content (AvgIpc) is 2.44. The van der Waals surface area contributed by atoms with E-state index in [1.54, 1.807) is 0 Å². The first-order valence-electron chi connectivity index (χ1n) is 7.76. The third-order valence-corrected chi connectivity index (χ3v) is 4.16. The molecule has 1 heterocycles. The van der Waals surface area contributed by atoms with Gasteiger partial charge < -0.3 is 5.11 Å². The minimum absolute atomic E-state index is 0.0450. The summed E-state index contributed by atoms with van der Waals surface area (Å²) in [6, 6.07) is 4.41. The third-order valence-electron chi connectivity index (χ3n) is 4.16. The van der Waals surface area contributed by atoms with Crippen molar-refractivity contribution in [3.05, 3.63) is 0 Å². The van der Waals surface area contributed by atoms with E-state index in [9.17, 15) is 5.11 Å². The minimum atomic E-state index is -0.313. The normalized spacial score (nSPS) is 20.5. The second kappa shape index (κ2) is 8.34. The van der Waals surface area contributed by atoms with Gasteiger partial charge in [0.05, 0.1) is 24.2 Å². The van der Waals surface area contributed by atoms with Gasteiger partial charge in [-0.25, -0.2) is 0 Å². The zero-order valence-electron chi connectivity index (χ0n) is 13.5. The highest BCUT2D eigenvalue weighted by Crippen LogP contribution is 2.20. The molecule has 2 atom stereocenters. The van der Waals surface area contributed by atoms with E-state index < -0.39 is 0 Å². The summed E-state index contributed by atoms with van der Waals surface area (Å²) in [4.78, 5) is 4.59. The molecule has 1 saturated heterocycles. The Balaban J connectivity index is 2.32. The van der Waals surface area contributed by atoms with Crippen LogP contribution in [0, 0.1) is 34.0 Å². The van der Waals surface area contributed by atoms with Crippen molar-refractivity contribution in [2.24, 2.45) is 11.3 Å². The smallest absolute Gasteiger partial charge is 0.0715 e. The predicted molar refractivity (Wildman–Crippen MR) is 82.3 cm³/mol. The molecule has 0 aromatic heterocycles. The van der Waals surface area contributed by atoms with Gasteiger partial charge in [-0.2, -0.15) is 10.5 Å². The van der Waals surface area contributed by atoms with Crippen LogP contribution in [0.15, 0.2) is 0 Å². The highest BCUT2D eigenvalue weighted by Gasteiger charge is 2.26. The fraction of sp³-hybridized carbons (Fsp3) is 0.875. The zero-order chi connectivity index (χ0) is 15.9. The maximum absolute atomic E-state index is 10.2. The van der Waals surface area contributed by atoms with Gasteiger partial charge in [0.25, 0.3) is 0 Å². The highest BCUT2D eigenvalue weighted by atomic mass is 16.3. The fourth-order valence-corrected chi connectivity index (χ4v) is 2.42. The van der Waals surface area contributed by atoms with Crippen LogP contribution in [0.2, 0.25) is 0 Å². The van der Waals surface area contributed by atoms with E-state index in [2.05, 4.69) is 42.7 Å². The van der Waals surface area contributed by atoms with Crippen LogP contribution in [0.1, 0.15) is 33.6 Å². The Morgan fingerprint density at radius 2 is 1.57 bits per heavy atom. The Morgan fingerprint density at radius 1 is 1.05 bits per heavy atom. The van der Waals surface area contributed by atoms with E-state index in [1.807, 2.05) is 0 Å². The van der Waals surface area contributed by atoms with Crippen LogP contribution < -0.4 is 0 Å². The van der Waals surface area contributed by atoms with Gasteiger partial charge in [0.2, 0.25) is 0 Å². The van der Waals surface area contributed by atoms with Crippen molar-refractivity contribution >= 4 is 0 Å². The second-order valence-electron chi connectivity index (χ2n) is 7.01. The molecule has 0 unspecified atom stereocenters. The van der Waals surface area contributed by atoms with Crippen molar-refractivity contribution in [1.82, 2.24) is 9.80 Å². The molecule has 0 radical (unpaired) electrons.